The topological polar surface area (TPSA) is 59.8 Å². The zero-order valence-electron chi connectivity index (χ0n) is 14.0. The maximum absolute atomic E-state index is 12.9. The monoisotopic (exact) mass is 360 g/mol. The summed E-state index contributed by atoms with van der Waals surface area (Å²) in [5, 5.41) is 7.85. The average Bonchev–Trinajstić information content (AvgIpc) is 3.38. The van der Waals surface area contributed by atoms with Gasteiger partial charge in [-0.1, -0.05) is 18.2 Å². The molecule has 128 valence electrons. The van der Waals surface area contributed by atoms with Crippen molar-refractivity contribution in [3.8, 4) is 5.69 Å². The maximum atomic E-state index is 12.9. The number of hydrogen-bond acceptors (Lipinski definition) is 4. The Kier molecular flexibility index (Phi) is 3.57. The second-order valence-corrected chi connectivity index (χ2v) is 7.25. The van der Waals surface area contributed by atoms with Crippen LogP contribution in [0.5, 0.6) is 0 Å². The second kappa shape index (κ2) is 6.07. The maximum Gasteiger partial charge on any atom is 0.256 e. The van der Waals surface area contributed by atoms with Crippen molar-refractivity contribution in [1.82, 2.24) is 14.8 Å². The molecule has 0 unspecified atom stereocenters. The Balaban J connectivity index is 1.54. The SMILES string of the molecule is O=C(Nc1c2c(nn1-c1ccccc1)CCC2)c1ccc2ncsc2c1. The predicted molar refractivity (Wildman–Crippen MR) is 103 cm³/mol. The van der Waals surface area contributed by atoms with E-state index in [1.165, 1.54) is 11.3 Å². The molecule has 0 bridgehead atoms. The molecule has 2 aromatic carbocycles. The molecule has 1 N–H and O–H groups in total. The molecule has 0 atom stereocenters. The molecule has 1 aliphatic carbocycles. The molecule has 6 heteroatoms. The lowest BCUT2D eigenvalue weighted by molar-refractivity contribution is 0.102. The van der Waals surface area contributed by atoms with E-state index in [1.807, 2.05) is 53.2 Å². The number of nitrogens with zero attached hydrogens (tertiary/aromatic N) is 3. The van der Waals surface area contributed by atoms with E-state index in [2.05, 4.69) is 10.3 Å². The molecular formula is C20H16N4OS. The number of anilines is 1. The van der Waals surface area contributed by atoms with Gasteiger partial charge in [-0.25, -0.2) is 9.67 Å². The number of aryl methyl sites for hydroxylation is 1. The Morgan fingerprint density at radius 2 is 2.00 bits per heavy atom. The summed E-state index contributed by atoms with van der Waals surface area (Å²) >= 11 is 1.54. The van der Waals surface area contributed by atoms with Crippen LogP contribution in [0, 0.1) is 0 Å². The van der Waals surface area contributed by atoms with Crippen LogP contribution in [0.1, 0.15) is 28.0 Å². The van der Waals surface area contributed by atoms with Crippen LogP contribution in [-0.4, -0.2) is 20.7 Å². The number of rotatable bonds is 3. The third-order valence-corrected chi connectivity index (χ3v) is 5.52. The van der Waals surface area contributed by atoms with Gasteiger partial charge in [0.05, 0.1) is 27.1 Å². The van der Waals surface area contributed by atoms with E-state index >= 15 is 0 Å². The van der Waals surface area contributed by atoms with Crippen molar-refractivity contribution in [3.63, 3.8) is 0 Å². The Bertz CT molecular complexity index is 1110. The summed E-state index contributed by atoms with van der Waals surface area (Å²) in [6, 6.07) is 15.5. The standard InChI is InChI=1S/C20H16N4OS/c25-20(13-9-10-17-18(11-13)26-12-21-17)22-19-15-7-4-8-16(15)23-24(19)14-5-2-1-3-6-14/h1-3,5-6,9-12H,4,7-8H2,(H,22,25). The minimum atomic E-state index is -0.118. The summed E-state index contributed by atoms with van der Waals surface area (Å²) in [5.41, 5.74) is 6.54. The lowest BCUT2D eigenvalue weighted by atomic mass is 10.2. The Morgan fingerprint density at radius 1 is 1.12 bits per heavy atom. The third-order valence-electron chi connectivity index (χ3n) is 4.73. The normalized spacial score (nSPS) is 13.1. The summed E-state index contributed by atoms with van der Waals surface area (Å²) in [4.78, 5) is 17.2. The van der Waals surface area contributed by atoms with Crippen LogP contribution in [0.4, 0.5) is 5.82 Å². The van der Waals surface area contributed by atoms with Gasteiger partial charge >= 0.3 is 0 Å². The quantitative estimate of drug-likeness (QED) is 0.595. The van der Waals surface area contributed by atoms with Gasteiger partial charge in [0.1, 0.15) is 5.82 Å². The number of carbonyl (C=O) groups excluding carboxylic acids is 1. The molecule has 5 nitrogen and oxygen atoms in total. The zero-order chi connectivity index (χ0) is 17.5. The zero-order valence-corrected chi connectivity index (χ0v) is 14.8. The number of benzene rings is 2. The van der Waals surface area contributed by atoms with Crippen LogP contribution < -0.4 is 5.32 Å². The Hall–Kier alpha value is -2.99. The number of nitrogens with one attached hydrogen (secondary N) is 1. The van der Waals surface area contributed by atoms with Crippen molar-refractivity contribution < 1.29 is 4.79 Å². The van der Waals surface area contributed by atoms with Crippen molar-refractivity contribution in [3.05, 3.63) is 70.9 Å². The van der Waals surface area contributed by atoms with E-state index in [1.54, 1.807) is 5.51 Å². The largest absolute Gasteiger partial charge is 0.306 e. The molecule has 26 heavy (non-hydrogen) atoms. The van der Waals surface area contributed by atoms with Crippen LogP contribution in [0.2, 0.25) is 0 Å². The van der Waals surface area contributed by atoms with E-state index in [-0.39, 0.29) is 5.91 Å². The van der Waals surface area contributed by atoms with Crippen molar-refractivity contribution in [2.75, 3.05) is 5.32 Å². The number of aromatic nitrogens is 3. The summed E-state index contributed by atoms with van der Waals surface area (Å²) in [5.74, 6) is 0.671. The predicted octanol–water partition coefficient (Wildman–Crippen LogP) is 4.22. The number of thiazole rings is 1. The first-order chi connectivity index (χ1) is 12.8. The Labute approximate surface area is 154 Å². The first kappa shape index (κ1) is 15.3. The van der Waals surface area contributed by atoms with Crippen LogP contribution in [0.25, 0.3) is 15.9 Å². The molecule has 2 aromatic heterocycles. The molecule has 0 aliphatic heterocycles. The van der Waals surface area contributed by atoms with Gasteiger partial charge in [0.2, 0.25) is 0 Å². The van der Waals surface area contributed by atoms with E-state index < -0.39 is 0 Å². The molecule has 0 fully saturated rings. The minimum Gasteiger partial charge on any atom is -0.306 e. The summed E-state index contributed by atoms with van der Waals surface area (Å²) in [7, 11) is 0. The number of carbonyl (C=O) groups is 1. The van der Waals surface area contributed by atoms with Gasteiger partial charge in [-0.15, -0.1) is 11.3 Å². The first-order valence-electron chi connectivity index (χ1n) is 8.60. The van der Waals surface area contributed by atoms with Gasteiger partial charge in [0, 0.05) is 11.1 Å². The van der Waals surface area contributed by atoms with Crippen molar-refractivity contribution >= 4 is 33.3 Å². The summed E-state index contributed by atoms with van der Waals surface area (Å²) in [6.07, 6.45) is 3.00. The molecule has 0 saturated heterocycles. The number of amides is 1. The van der Waals surface area contributed by atoms with E-state index in [0.29, 0.717) is 5.56 Å². The fourth-order valence-electron chi connectivity index (χ4n) is 3.45. The lowest BCUT2D eigenvalue weighted by Crippen LogP contribution is -2.16. The van der Waals surface area contributed by atoms with Gasteiger partial charge in [-0.05, 0) is 49.6 Å². The van der Waals surface area contributed by atoms with Crippen molar-refractivity contribution in [1.29, 1.82) is 0 Å². The summed E-state index contributed by atoms with van der Waals surface area (Å²) in [6.45, 7) is 0. The smallest absolute Gasteiger partial charge is 0.256 e. The lowest BCUT2D eigenvalue weighted by Gasteiger charge is -2.11. The molecule has 0 saturated carbocycles. The molecule has 0 radical (unpaired) electrons. The molecule has 1 aliphatic rings. The van der Waals surface area contributed by atoms with Crippen LogP contribution >= 0.6 is 11.3 Å². The van der Waals surface area contributed by atoms with Crippen LogP contribution in [0.3, 0.4) is 0 Å². The fourth-order valence-corrected chi connectivity index (χ4v) is 4.17. The van der Waals surface area contributed by atoms with E-state index in [4.69, 9.17) is 5.10 Å². The number of hydrogen-bond donors (Lipinski definition) is 1. The molecule has 1 amide bonds. The van der Waals surface area contributed by atoms with Crippen LogP contribution in [0.15, 0.2) is 54.0 Å². The molecule has 5 rings (SSSR count). The molecule has 4 aromatic rings. The van der Waals surface area contributed by atoms with Gasteiger partial charge in [0.15, 0.2) is 0 Å². The molecule has 2 heterocycles. The van der Waals surface area contributed by atoms with Crippen LogP contribution in [-0.2, 0) is 12.8 Å². The molecule has 0 spiro atoms. The number of fused-ring (bicyclic) bond motifs is 2. The average molecular weight is 360 g/mol. The fraction of sp³-hybridized carbons (Fsp3) is 0.150. The van der Waals surface area contributed by atoms with Gasteiger partial charge in [0.25, 0.3) is 5.91 Å². The van der Waals surface area contributed by atoms with E-state index in [0.717, 1.165) is 52.2 Å². The molecular weight excluding hydrogens is 344 g/mol. The Morgan fingerprint density at radius 3 is 2.88 bits per heavy atom. The summed E-state index contributed by atoms with van der Waals surface area (Å²) < 4.78 is 2.87. The third kappa shape index (κ3) is 2.50. The van der Waals surface area contributed by atoms with Crippen molar-refractivity contribution in [2.45, 2.75) is 19.3 Å². The van der Waals surface area contributed by atoms with Gasteiger partial charge in [-0.2, -0.15) is 5.10 Å². The first-order valence-corrected chi connectivity index (χ1v) is 9.48. The highest BCUT2D eigenvalue weighted by molar-refractivity contribution is 7.16. The van der Waals surface area contributed by atoms with Gasteiger partial charge < -0.3 is 5.32 Å². The van der Waals surface area contributed by atoms with Gasteiger partial charge in [-0.3, -0.25) is 4.79 Å². The van der Waals surface area contributed by atoms with Crippen molar-refractivity contribution in [2.24, 2.45) is 0 Å². The highest BCUT2D eigenvalue weighted by atomic mass is 32.1. The second-order valence-electron chi connectivity index (χ2n) is 6.36. The number of para-hydroxylation sites is 1. The highest BCUT2D eigenvalue weighted by Crippen LogP contribution is 2.31. The van der Waals surface area contributed by atoms with E-state index in [9.17, 15) is 4.79 Å². The highest BCUT2D eigenvalue weighted by Gasteiger charge is 2.24. The minimum absolute atomic E-state index is 0.118.